The minimum Gasteiger partial charge on any atom is -0.422 e. The molecule has 3 fully saturated rings. The molecule has 2 saturated carbocycles. The first kappa shape index (κ1) is 18.5. The van der Waals surface area contributed by atoms with Gasteiger partial charge in [0.15, 0.2) is 0 Å². The van der Waals surface area contributed by atoms with Crippen molar-refractivity contribution >= 4 is 66.7 Å². The largest absolute Gasteiger partial charge is 0.422 e. The summed E-state index contributed by atoms with van der Waals surface area (Å²) < 4.78 is 5.35. The van der Waals surface area contributed by atoms with Crippen LogP contribution in [-0.4, -0.2) is 27.4 Å². The van der Waals surface area contributed by atoms with E-state index in [0.717, 1.165) is 6.42 Å². The maximum absolute atomic E-state index is 13.0. The van der Waals surface area contributed by atoms with Crippen molar-refractivity contribution in [2.45, 2.75) is 16.1 Å². The molecule has 3 aliphatic rings. The molecular weight excluding hydrogens is 510 g/mol. The van der Waals surface area contributed by atoms with Gasteiger partial charge in [0.1, 0.15) is 10.6 Å². The lowest BCUT2D eigenvalue weighted by atomic mass is 9.81. The van der Waals surface area contributed by atoms with Gasteiger partial charge in [0.25, 0.3) is 0 Å². The number of imide groups is 1. The average Bonchev–Trinajstić information content (AvgIpc) is 3.44. The number of carbonyl (C=O) groups excluding carboxylic acids is 3. The fraction of sp³-hybridized carbons (Fsp3) is 0.350. The third-order valence-corrected chi connectivity index (χ3v) is 10.1. The van der Waals surface area contributed by atoms with Crippen molar-refractivity contribution in [3.05, 3.63) is 46.7 Å². The Morgan fingerprint density at radius 3 is 2.14 bits per heavy atom. The van der Waals surface area contributed by atoms with Gasteiger partial charge in [-0.1, -0.05) is 37.9 Å². The number of benzene rings is 1. The predicted molar refractivity (Wildman–Crippen MR) is 112 cm³/mol. The number of nitrogens with zero attached hydrogens (tertiary/aromatic N) is 1. The molecule has 0 N–H and O–H groups in total. The first-order chi connectivity index (χ1) is 13.5. The van der Waals surface area contributed by atoms with Crippen molar-refractivity contribution in [2.24, 2.45) is 23.7 Å². The molecule has 5 nitrogen and oxygen atoms in total. The molecule has 2 heterocycles. The Morgan fingerprint density at radius 2 is 1.61 bits per heavy atom. The maximum atomic E-state index is 13.0. The molecule has 0 spiro atoms. The Hall–Kier alpha value is -1.51. The van der Waals surface area contributed by atoms with E-state index in [0.29, 0.717) is 16.3 Å². The molecular formula is C20H15Br2NO4S. The van der Waals surface area contributed by atoms with Crippen molar-refractivity contribution in [1.82, 2.24) is 0 Å². The number of anilines is 1. The fourth-order valence-corrected chi connectivity index (χ4v) is 7.29. The van der Waals surface area contributed by atoms with Gasteiger partial charge in [-0.05, 0) is 54.0 Å². The zero-order valence-electron chi connectivity index (χ0n) is 14.5. The van der Waals surface area contributed by atoms with Crippen molar-refractivity contribution in [2.75, 3.05) is 4.90 Å². The number of carbonyl (C=O) groups is 3. The summed E-state index contributed by atoms with van der Waals surface area (Å²) in [4.78, 5) is 40.4. The lowest BCUT2D eigenvalue weighted by molar-refractivity contribution is -0.123. The number of halogens is 2. The quantitative estimate of drug-likeness (QED) is 0.260. The van der Waals surface area contributed by atoms with Crippen molar-refractivity contribution in [3.63, 3.8) is 0 Å². The van der Waals surface area contributed by atoms with Gasteiger partial charge < -0.3 is 4.74 Å². The monoisotopic (exact) mass is 523 g/mol. The molecule has 2 bridgehead atoms. The molecule has 6 atom stereocenters. The summed E-state index contributed by atoms with van der Waals surface area (Å²) in [5, 5.41) is 1.81. The van der Waals surface area contributed by atoms with Crippen molar-refractivity contribution in [3.8, 4) is 5.75 Å². The van der Waals surface area contributed by atoms with E-state index < -0.39 is 5.97 Å². The Balaban J connectivity index is 1.36. The van der Waals surface area contributed by atoms with Crippen LogP contribution in [0.15, 0.2) is 41.8 Å². The topological polar surface area (TPSA) is 63.7 Å². The Labute approximate surface area is 182 Å². The molecule has 1 aromatic heterocycles. The number of ether oxygens (including phenoxy) is 1. The van der Waals surface area contributed by atoms with Crippen LogP contribution in [0.4, 0.5) is 5.69 Å². The summed E-state index contributed by atoms with van der Waals surface area (Å²) in [6.07, 6.45) is 0.907. The van der Waals surface area contributed by atoms with Crippen LogP contribution in [0.3, 0.4) is 0 Å². The summed E-state index contributed by atoms with van der Waals surface area (Å²) in [7, 11) is 0. The number of esters is 1. The van der Waals surface area contributed by atoms with E-state index >= 15 is 0 Å². The number of fused-ring (bicyclic) bond motifs is 5. The number of thiophene rings is 1. The van der Waals surface area contributed by atoms with Gasteiger partial charge in [0, 0.05) is 9.65 Å². The second-order valence-corrected chi connectivity index (χ2v) is 10.4. The van der Waals surface area contributed by atoms with Gasteiger partial charge >= 0.3 is 5.97 Å². The minimum absolute atomic E-state index is 0.116. The highest BCUT2D eigenvalue weighted by atomic mass is 79.9. The van der Waals surface area contributed by atoms with Gasteiger partial charge in [0.2, 0.25) is 11.8 Å². The SMILES string of the molecule is O=C(Oc1ccc(N2C(=O)[C@@H]3[C@H]4C[C@@H]([C@H](Br)[C@H]4Br)[C@H]3C2=O)cc1)c1cccs1. The minimum atomic E-state index is -0.422. The number of hydrogen-bond donors (Lipinski definition) is 0. The molecule has 0 radical (unpaired) electrons. The van der Waals surface area contributed by atoms with E-state index in [1.165, 1.54) is 16.2 Å². The second-order valence-electron chi connectivity index (χ2n) is 7.38. The summed E-state index contributed by atoms with van der Waals surface area (Å²) in [5.74, 6) is -0.390. The number of alkyl halides is 2. The zero-order valence-corrected chi connectivity index (χ0v) is 18.4. The van der Waals surface area contributed by atoms with Crippen LogP contribution < -0.4 is 9.64 Å². The van der Waals surface area contributed by atoms with Gasteiger partial charge in [0.05, 0.1) is 17.5 Å². The van der Waals surface area contributed by atoms with Crippen LogP contribution in [0, 0.1) is 23.7 Å². The summed E-state index contributed by atoms with van der Waals surface area (Å²) in [5.41, 5.74) is 0.525. The van der Waals surface area contributed by atoms with Crippen LogP contribution in [-0.2, 0) is 9.59 Å². The van der Waals surface area contributed by atoms with E-state index in [-0.39, 0.29) is 45.1 Å². The molecule has 144 valence electrons. The highest BCUT2D eigenvalue weighted by Crippen LogP contribution is 2.60. The van der Waals surface area contributed by atoms with E-state index in [1.54, 1.807) is 36.4 Å². The average molecular weight is 525 g/mol. The number of hydrogen-bond acceptors (Lipinski definition) is 5. The van der Waals surface area contributed by atoms with Crippen LogP contribution in [0.25, 0.3) is 0 Å². The molecule has 1 saturated heterocycles. The second kappa shape index (κ2) is 6.78. The van der Waals surface area contributed by atoms with E-state index in [2.05, 4.69) is 31.9 Å². The highest BCUT2D eigenvalue weighted by Gasteiger charge is 2.66. The maximum Gasteiger partial charge on any atom is 0.353 e. The Kier molecular flexibility index (Phi) is 4.48. The van der Waals surface area contributed by atoms with Gasteiger partial charge in [-0.2, -0.15) is 0 Å². The predicted octanol–water partition coefficient (Wildman–Crippen LogP) is 4.25. The molecule has 1 aliphatic heterocycles. The molecule has 5 rings (SSSR count). The van der Waals surface area contributed by atoms with Crippen LogP contribution >= 0.6 is 43.2 Å². The summed E-state index contributed by atoms with van der Waals surface area (Å²) >= 11 is 8.70. The molecule has 2 aliphatic carbocycles. The molecule has 28 heavy (non-hydrogen) atoms. The third kappa shape index (κ3) is 2.64. The molecule has 8 heteroatoms. The lowest BCUT2D eigenvalue weighted by Gasteiger charge is -2.28. The van der Waals surface area contributed by atoms with Gasteiger partial charge in [-0.25, -0.2) is 4.79 Å². The van der Waals surface area contributed by atoms with Crippen molar-refractivity contribution < 1.29 is 19.1 Å². The standard InChI is InChI=1S/C20H15Br2NO4S/c21-16-11-8-12(17(16)22)15-14(11)18(24)23(19(15)25)9-3-5-10(6-4-9)27-20(26)13-2-1-7-28-13/h1-7,11-12,14-17H,8H2/t11-,12-,14-,15-,16+,17+/m1/s1. The van der Waals surface area contributed by atoms with Gasteiger partial charge in [-0.3, -0.25) is 14.5 Å². The first-order valence-corrected chi connectivity index (χ1v) is 11.7. The molecule has 0 unspecified atom stereocenters. The third-order valence-electron chi connectivity index (χ3n) is 6.01. The summed E-state index contributed by atoms with van der Waals surface area (Å²) in [6, 6.07) is 10.0. The van der Waals surface area contributed by atoms with E-state index in [9.17, 15) is 14.4 Å². The highest BCUT2D eigenvalue weighted by molar-refractivity contribution is 9.12. The fourth-order valence-electron chi connectivity index (χ4n) is 4.82. The zero-order chi connectivity index (χ0) is 19.6. The number of amides is 2. The molecule has 2 amide bonds. The van der Waals surface area contributed by atoms with Gasteiger partial charge in [-0.15, -0.1) is 11.3 Å². The Morgan fingerprint density at radius 1 is 1.00 bits per heavy atom. The number of rotatable bonds is 3. The molecule has 1 aromatic carbocycles. The van der Waals surface area contributed by atoms with Crippen LogP contribution in [0.1, 0.15) is 16.1 Å². The first-order valence-electron chi connectivity index (χ1n) is 8.99. The normalized spacial score (nSPS) is 33.4. The van der Waals surface area contributed by atoms with E-state index in [4.69, 9.17) is 4.74 Å². The van der Waals surface area contributed by atoms with Crippen LogP contribution in [0.5, 0.6) is 5.75 Å². The van der Waals surface area contributed by atoms with Crippen LogP contribution in [0.2, 0.25) is 0 Å². The smallest absolute Gasteiger partial charge is 0.353 e. The van der Waals surface area contributed by atoms with Crippen molar-refractivity contribution in [1.29, 1.82) is 0 Å². The Bertz CT molecular complexity index is 929. The molecule has 2 aromatic rings. The van der Waals surface area contributed by atoms with E-state index in [1.807, 2.05) is 5.38 Å². The summed E-state index contributed by atoms with van der Waals surface area (Å²) in [6.45, 7) is 0. The lowest BCUT2D eigenvalue weighted by Crippen LogP contribution is -2.37.